The molecule has 0 bridgehead atoms. The minimum atomic E-state index is -0.932. The normalized spacial score (nSPS) is 47.7. The number of hydrogen-bond acceptors (Lipinski definition) is 2. The summed E-state index contributed by atoms with van der Waals surface area (Å²) in [4.78, 5) is 11.5. The Balaban J connectivity index is 2.30. The molecule has 0 amide bonds. The first-order valence-corrected chi connectivity index (χ1v) is 4.91. The highest BCUT2D eigenvalue weighted by Gasteiger charge is 2.53. The summed E-state index contributed by atoms with van der Waals surface area (Å²) in [6, 6.07) is 0. The molecular weight excluding hydrogens is 152 g/mol. The summed E-state index contributed by atoms with van der Waals surface area (Å²) in [5.41, 5.74) is -0.932. The molecule has 2 aliphatic carbocycles. The minimum absolute atomic E-state index is 0.0969. The molecule has 1 N–H and O–H groups in total. The summed E-state index contributed by atoms with van der Waals surface area (Å²) < 4.78 is 0. The summed E-state index contributed by atoms with van der Waals surface area (Å²) in [6.45, 7) is 2.01. The van der Waals surface area contributed by atoms with Crippen LogP contribution >= 0.6 is 0 Å². The highest BCUT2D eigenvalue weighted by molar-refractivity contribution is 5.90. The van der Waals surface area contributed by atoms with Crippen molar-refractivity contribution in [1.29, 1.82) is 0 Å². The molecule has 2 nitrogen and oxygen atoms in total. The number of fused-ring (bicyclic) bond motifs is 1. The van der Waals surface area contributed by atoms with Crippen molar-refractivity contribution in [2.24, 2.45) is 11.8 Å². The molecule has 2 fully saturated rings. The van der Waals surface area contributed by atoms with Crippen molar-refractivity contribution in [3.05, 3.63) is 0 Å². The zero-order valence-corrected chi connectivity index (χ0v) is 7.55. The van der Waals surface area contributed by atoms with E-state index in [9.17, 15) is 9.90 Å². The maximum Gasteiger partial charge on any atom is 0.164 e. The summed E-state index contributed by atoms with van der Waals surface area (Å²) in [7, 11) is 0. The average molecular weight is 168 g/mol. The van der Waals surface area contributed by atoms with Crippen LogP contribution in [0.15, 0.2) is 0 Å². The van der Waals surface area contributed by atoms with Gasteiger partial charge in [0.1, 0.15) is 5.60 Å². The molecule has 12 heavy (non-hydrogen) atoms. The predicted molar refractivity (Wildman–Crippen MR) is 45.7 cm³/mol. The van der Waals surface area contributed by atoms with Gasteiger partial charge in [-0.15, -0.1) is 0 Å². The van der Waals surface area contributed by atoms with E-state index >= 15 is 0 Å². The van der Waals surface area contributed by atoms with Gasteiger partial charge >= 0.3 is 0 Å². The lowest BCUT2D eigenvalue weighted by Gasteiger charge is -2.38. The van der Waals surface area contributed by atoms with Crippen LogP contribution in [0.3, 0.4) is 0 Å². The maximum absolute atomic E-state index is 11.5. The predicted octanol–water partition coefficient (Wildman–Crippen LogP) is 1.52. The van der Waals surface area contributed by atoms with Gasteiger partial charge in [0.2, 0.25) is 0 Å². The van der Waals surface area contributed by atoms with Gasteiger partial charge in [0.25, 0.3) is 0 Å². The SMILES string of the molecule is C[C@@H]1CCC[C@@H]2CCC(=O)[C@]21O. The summed E-state index contributed by atoms with van der Waals surface area (Å²) in [5, 5.41) is 10.2. The Labute approximate surface area is 73.0 Å². The third kappa shape index (κ3) is 0.875. The summed E-state index contributed by atoms with van der Waals surface area (Å²) >= 11 is 0. The van der Waals surface area contributed by atoms with E-state index in [0.717, 1.165) is 19.3 Å². The minimum Gasteiger partial charge on any atom is -0.382 e. The number of rotatable bonds is 0. The van der Waals surface area contributed by atoms with Crippen molar-refractivity contribution in [3.8, 4) is 0 Å². The Kier molecular flexibility index (Phi) is 1.76. The molecule has 0 unspecified atom stereocenters. The van der Waals surface area contributed by atoms with Crippen LogP contribution in [0.4, 0.5) is 0 Å². The molecule has 0 aromatic carbocycles. The van der Waals surface area contributed by atoms with Crippen LogP contribution in [-0.2, 0) is 4.79 Å². The first-order chi connectivity index (χ1) is 5.65. The average Bonchev–Trinajstić information content (AvgIpc) is 2.33. The third-order valence-electron chi connectivity index (χ3n) is 3.73. The van der Waals surface area contributed by atoms with Gasteiger partial charge in [0, 0.05) is 6.42 Å². The lowest BCUT2D eigenvalue weighted by molar-refractivity contribution is -0.146. The summed E-state index contributed by atoms with van der Waals surface area (Å²) in [5.74, 6) is 0.555. The van der Waals surface area contributed by atoms with Gasteiger partial charge in [-0.2, -0.15) is 0 Å². The first-order valence-electron chi connectivity index (χ1n) is 4.91. The van der Waals surface area contributed by atoms with Crippen molar-refractivity contribution >= 4 is 5.78 Å². The topological polar surface area (TPSA) is 37.3 Å². The number of carbonyl (C=O) groups excluding carboxylic acids is 1. The maximum atomic E-state index is 11.5. The van der Waals surface area contributed by atoms with Gasteiger partial charge in [-0.3, -0.25) is 4.79 Å². The van der Waals surface area contributed by atoms with E-state index in [1.807, 2.05) is 6.92 Å². The van der Waals surface area contributed by atoms with Gasteiger partial charge in [0.15, 0.2) is 5.78 Å². The van der Waals surface area contributed by atoms with E-state index in [1.54, 1.807) is 0 Å². The van der Waals surface area contributed by atoms with Crippen molar-refractivity contribution in [3.63, 3.8) is 0 Å². The molecule has 2 heteroatoms. The molecule has 0 radical (unpaired) electrons. The lowest BCUT2D eigenvalue weighted by atomic mass is 9.70. The van der Waals surface area contributed by atoms with Gasteiger partial charge < -0.3 is 5.11 Å². The van der Waals surface area contributed by atoms with Crippen LogP contribution in [0.2, 0.25) is 0 Å². The Morgan fingerprint density at radius 1 is 1.42 bits per heavy atom. The molecule has 3 atom stereocenters. The molecule has 0 heterocycles. The van der Waals surface area contributed by atoms with Crippen LogP contribution in [-0.4, -0.2) is 16.5 Å². The molecule has 0 aliphatic heterocycles. The van der Waals surface area contributed by atoms with E-state index in [4.69, 9.17) is 0 Å². The van der Waals surface area contributed by atoms with Crippen LogP contribution in [0.5, 0.6) is 0 Å². The summed E-state index contributed by atoms with van der Waals surface area (Å²) in [6.07, 6.45) is 4.76. The van der Waals surface area contributed by atoms with Crippen molar-refractivity contribution < 1.29 is 9.90 Å². The van der Waals surface area contributed by atoms with Crippen molar-refractivity contribution in [2.75, 3.05) is 0 Å². The lowest BCUT2D eigenvalue weighted by Crippen LogP contribution is -2.48. The standard InChI is InChI=1S/C10H16O2/c1-7-3-2-4-8-5-6-9(11)10(7,8)12/h7-8,12H,2-6H2,1H3/t7-,8-,10-/m1/s1. The fourth-order valence-electron chi connectivity index (χ4n) is 2.89. The molecule has 0 aromatic rings. The molecular formula is C10H16O2. The second kappa shape index (κ2) is 2.56. The third-order valence-corrected chi connectivity index (χ3v) is 3.73. The first kappa shape index (κ1) is 8.24. The molecule has 2 saturated carbocycles. The van der Waals surface area contributed by atoms with Crippen LogP contribution in [0.25, 0.3) is 0 Å². The Morgan fingerprint density at radius 2 is 2.17 bits per heavy atom. The van der Waals surface area contributed by atoms with Crippen LogP contribution in [0, 0.1) is 11.8 Å². The van der Waals surface area contributed by atoms with Gasteiger partial charge in [-0.25, -0.2) is 0 Å². The quantitative estimate of drug-likeness (QED) is 0.595. The van der Waals surface area contributed by atoms with Crippen molar-refractivity contribution in [1.82, 2.24) is 0 Å². The Hall–Kier alpha value is -0.370. The molecule has 2 rings (SSSR count). The molecule has 0 spiro atoms. The van der Waals surface area contributed by atoms with E-state index in [-0.39, 0.29) is 17.6 Å². The molecule has 0 saturated heterocycles. The fraction of sp³-hybridized carbons (Fsp3) is 0.900. The highest BCUT2D eigenvalue weighted by atomic mass is 16.3. The Morgan fingerprint density at radius 3 is 2.83 bits per heavy atom. The van der Waals surface area contributed by atoms with E-state index in [2.05, 4.69) is 0 Å². The van der Waals surface area contributed by atoms with Crippen LogP contribution in [0.1, 0.15) is 39.0 Å². The fourth-order valence-corrected chi connectivity index (χ4v) is 2.89. The van der Waals surface area contributed by atoms with E-state index in [0.29, 0.717) is 6.42 Å². The van der Waals surface area contributed by atoms with Gasteiger partial charge in [-0.05, 0) is 31.1 Å². The molecule has 2 aliphatic rings. The number of aliphatic hydroxyl groups is 1. The van der Waals surface area contributed by atoms with E-state index in [1.165, 1.54) is 6.42 Å². The molecule has 68 valence electrons. The number of hydrogen-bond donors (Lipinski definition) is 1. The largest absolute Gasteiger partial charge is 0.382 e. The highest BCUT2D eigenvalue weighted by Crippen LogP contribution is 2.46. The number of carbonyl (C=O) groups is 1. The Bertz CT molecular complexity index is 212. The van der Waals surface area contributed by atoms with Gasteiger partial charge in [0.05, 0.1) is 0 Å². The van der Waals surface area contributed by atoms with Crippen LogP contribution < -0.4 is 0 Å². The number of Topliss-reactive ketones (excluding diaryl/α,β-unsaturated/α-hetero) is 1. The number of ketones is 1. The van der Waals surface area contributed by atoms with Gasteiger partial charge in [-0.1, -0.05) is 13.3 Å². The zero-order valence-electron chi connectivity index (χ0n) is 7.55. The van der Waals surface area contributed by atoms with Crippen molar-refractivity contribution in [2.45, 2.75) is 44.6 Å². The zero-order chi connectivity index (χ0) is 8.77. The molecule has 0 aromatic heterocycles. The second-order valence-electron chi connectivity index (χ2n) is 4.32. The monoisotopic (exact) mass is 168 g/mol. The second-order valence-corrected chi connectivity index (χ2v) is 4.32. The smallest absolute Gasteiger partial charge is 0.164 e. The van der Waals surface area contributed by atoms with E-state index < -0.39 is 5.60 Å².